The summed E-state index contributed by atoms with van der Waals surface area (Å²) in [4.78, 5) is 19.5. The van der Waals surface area contributed by atoms with Crippen LogP contribution >= 0.6 is 0 Å². The van der Waals surface area contributed by atoms with Crippen LogP contribution in [0.2, 0.25) is 0 Å². The highest BCUT2D eigenvalue weighted by atomic mass is 16.1. The summed E-state index contributed by atoms with van der Waals surface area (Å²) in [5.74, 6) is 0.259. The molecule has 0 aliphatic rings. The smallest absolute Gasteiger partial charge is 0.219 e. The van der Waals surface area contributed by atoms with E-state index in [2.05, 4.69) is 5.32 Å². The van der Waals surface area contributed by atoms with E-state index in [1.54, 1.807) is 7.05 Å². The molecule has 0 rings (SSSR count). The number of ketones is 1. The Morgan fingerprint density at radius 3 is 1.42 bits per heavy atom. The van der Waals surface area contributed by atoms with Gasteiger partial charge in [0.1, 0.15) is 5.78 Å². The van der Waals surface area contributed by atoms with Crippen molar-refractivity contribution in [3.63, 3.8) is 0 Å². The van der Waals surface area contributed by atoms with Gasteiger partial charge >= 0.3 is 0 Å². The largest absolute Gasteiger partial charge is 0.359 e. The van der Waals surface area contributed by atoms with Gasteiger partial charge < -0.3 is 10.1 Å². The van der Waals surface area contributed by atoms with Crippen molar-refractivity contribution in [1.82, 2.24) is 5.32 Å². The maximum atomic E-state index is 10.1. The lowest BCUT2D eigenvalue weighted by atomic mass is 10.5. The zero-order valence-electron chi connectivity index (χ0n) is 9.02. The van der Waals surface area contributed by atoms with Crippen LogP contribution in [0.3, 0.4) is 0 Å². The van der Waals surface area contributed by atoms with E-state index in [1.807, 2.05) is 20.8 Å². The van der Waals surface area contributed by atoms with Crippen LogP contribution < -0.4 is 5.32 Å². The Balaban J connectivity index is -0.000000118. The first-order valence-corrected chi connectivity index (χ1v) is 4.22. The van der Waals surface area contributed by atoms with Crippen molar-refractivity contribution in [3.8, 4) is 0 Å². The van der Waals surface area contributed by atoms with E-state index in [0.29, 0.717) is 6.42 Å². The SMILES string of the molecule is CC.CC(C)=O.CCC(=O)NC. The van der Waals surface area contributed by atoms with E-state index in [-0.39, 0.29) is 11.7 Å². The van der Waals surface area contributed by atoms with Gasteiger partial charge in [-0.2, -0.15) is 0 Å². The number of carbonyl (C=O) groups excluding carboxylic acids is 2. The van der Waals surface area contributed by atoms with Crippen molar-refractivity contribution in [1.29, 1.82) is 0 Å². The summed E-state index contributed by atoms with van der Waals surface area (Å²) in [5, 5.41) is 2.48. The molecule has 1 N–H and O–H groups in total. The van der Waals surface area contributed by atoms with Gasteiger partial charge in [0.05, 0.1) is 0 Å². The number of amides is 1. The molecule has 0 aliphatic heterocycles. The van der Waals surface area contributed by atoms with Crippen LogP contribution in [-0.4, -0.2) is 18.7 Å². The molecule has 0 saturated heterocycles. The minimum atomic E-state index is 0.0926. The van der Waals surface area contributed by atoms with E-state index in [1.165, 1.54) is 13.8 Å². The van der Waals surface area contributed by atoms with Crippen LogP contribution in [0.1, 0.15) is 41.0 Å². The van der Waals surface area contributed by atoms with Gasteiger partial charge in [-0.3, -0.25) is 4.79 Å². The molecule has 0 fully saturated rings. The zero-order chi connectivity index (χ0) is 10.6. The van der Waals surface area contributed by atoms with Gasteiger partial charge in [0, 0.05) is 13.5 Å². The summed E-state index contributed by atoms with van der Waals surface area (Å²) in [6, 6.07) is 0. The van der Waals surface area contributed by atoms with Crippen molar-refractivity contribution in [2.24, 2.45) is 0 Å². The molecule has 1 amide bonds. The number of nitrogens with one attached hydrogen (secondary N) is 1. The molecule has 0 aliphatic carbocycles. The molecule has 3 nitrogen and oxygen atoms in total. The molecule has 0 aromatic heterocycles. The monoisotopic (exact) mass is 175 g/mol. The van der Waals surface area contributed by atoms with Gasteiger partial charge in [0.15, 0.2) is 0 Å². The van der Waals surface area contributed by atoms with Gasteiger partial charge in [-0.15, -0.1) is 0 Å². The molecule has 0 atom stereocenters. The third-order valence-electron chi connectivity index (χ3n) is 0.600. The Labute approximate surface area is 75.5 Å². The van der Waals surface area contributed by atoms with Crippen molar-refractivity contribution in [2.45, 2.75) is 41.0 Å². The molecule has 74 valence electrons. The summed E-state index contributed by atoms with van der Waals surface area (Å²) < 4.78 is 0. The number of rotatable bonds is 1. The molecule has 12 heavy (non-hydrogen) atoms. The molecule has 0 bridgehead atoms. The first-order chi connectivity index (χ1) is 5.54. The van der Waals surface area contributed by atoms with Gasteiger partial charge in [-0.1, -0.05) is 20.8 Å². The van der Waals surface area contributed by atoms with Crippen LogP contribution in [0.5, 0.6) is 0 Å². The fourth-order valence-corrected chi connectivity index (χ4v) is 0.177. The molecule has 0 radical (unpaired) electrons. The van der Waals surface area contributed by atoms with E-state index < -0.39 is 0 Å². The molecular formula is C9H21NO2. The highest BCUT2D eigenvalue weighted by Gasteiger charge is 1.84. The Kier molecular flexibility index (Phi) is 23.9. The number of carbonyl (C=O) groups is 2. The normalized spacial score (nSPS) is 6.50. The molecule has 3 heteroatoms. The minimum Gasteiger partial charge on any atom is -0.359 e. The topological polar surface area (TPSA) is 46.2 Å². The lowest BCUT2D eigenvalue weighted by Gasteiger charge is -1.87. The Morgan fingerprint density at radius 2 is 1.42 bits per heavy atom. The molecule has 0 heterocycles. The number of Topliss-reactive ketones (excluding diaryl/α,β-unsaturated/α-hetero) is 1. The number of hydrogen-bond acceptors (Lipinski definition) is 2. The lowest BCUT2D eigenvalue weighted by Crippen LogP contribution is -2.15. The summed E-state index contributed by atoms with van der Waals surface area (Å²) in [7, 11) is 1.63. The first kappa shape index (κ1) is 17.3. The Bertz CT molecular complexity index is 101. The van der Waals surface area contributed by atoms with Crippen LogP contribution in [-0.2, 0) is 9.59 Å². The second-order valence-electron chi connectivity index (χ2n) is 1.93. The van der Waals surface area contributed by atoms with Crippen LogP contribution in [0.25, 0.3) is 0 Å². The van der Waals surface area contributed by atoms with Gasteiger partial charge in [-0.25, -0.2) is 0 Å². The number of hydrogen-bond donors (Lipinski definition) is 1. The molecule has 0 unspecified atom stereocenters. The van der Waals surface area contributed by atoms with E-state index >= 15 is 0 Å². The highest BCUT2D eigenvalue weighted by Crippen LogP contribution is 1.68. The average molecular weight is 175 g/mol. The van der Waals surface area contributed by atoms with Crippen LogP contribution in [0.15, 0.2) is 0 Å². The Hall–Kier alpha value is -0.860. The third kappa shape index (κ3) is 61.4. The maximum absolute atomic E-state index is 10.1. The van der Waals surface area contributed by atoms with E-state index in [4.69, 9.17) is 0 Å². The predicted octanol–water partition coefficient (Wildman–Crippen LogP) is 1.76. The van der Waals surface area contributed by atoms with Crippen molar-refractivity contribution >= 4 is 11.7 Å². The van der Waals surface area contributed by atoms with Crippen molar-refractivity contribution in [3.05, 3.63) is 0 Å². The highest BCUT2D eigenvalue weighted by molar-refractivity contribution is 5.75. The molecule has 0 aromatic carbocycles. The fraction of sp³-hybridized carbons (Fsp3) is 0.778. The van der Waals surface area contributed by atoms with Gasteiger partial charge in [0.25, 0.3) is 0 Å². The second-order valence-corrected chi connectivity index (χ2v) is 1.93. The summed E-state index contributed by atoms with van der Waals surface area (Å²) in [6.07, 6.45) is 0.580. The quantitative estimate of drug-likeness (QED) is 0.660. The van der Waals surface area contributed by atoms with Crippen LogP contribution in [0.4, 0.5) is 0 Å². The summed E-state index contributed by atoms with van der Waals surface area (Å²) in [6.45, 7) is 8.87. The second kappa shape index (κ2) is 16.6. The average Bonchev–Trinajstić information content (AvgIpc) is 2.06. The van der Waals surface area contributed by atoms with E-state index in [9.17, 15) is 9.59 Å². The molecule has 0 spiro atoms. The molecule has 0 aromatic rings. The maximum Gasteiger partial charge on any atom is 0.219 e. The summed E-state index contributed by atoms with van der Waals surface area (Å²) in [5.41, 5.74) is 0. The molecular weight excluding hydrogens is 154 g/mol. The third-order valence-corrected chi connectivity index (χ3v) is 0.600. The van der Waals surface area contributed by atoms with Crippen molar-refractivity contribution < 1.29 is 9.59 Å². The zero-order valence-corrected chi connectivity index (χ0v) is 9.02. The van der Waals surface area contributed by atoms with Crippen molar-refractivity contribution in [2.75, 3.05) is 7.05 Å². The standard InChI is InChI=1S/C4H9NO.C3H6O.C2H6/c1-3-4(6)5-2;1-3(2)4;1-2/h3H2,1-2H3,(H,5,6);1-2H3;1-2H3. The first-order valence-electron chi connectivity index (χ1n) is 4.22. The lowest BCUT2D eigenvalue weighted by molar-refractivity contribution is -0.120. The fourth-order valence-electron chi connectivity index (χ4n) is 0.177. The summed E-state index contributed by atoms with van der Waals surface area (Å²) >= 11 is 0. The van der Waals surface area contributed by atoms with E-state index in [0.717, 1.165) is 0 Å². The Morgan fingerprint density at radius 1 is 1.17 bits per heavy atom. The van der Waals surface area contributed by atoms with Crippen LogP contribution in [0, 0.1) is 0 Å². The predicted molar refractivity (Wildman–Crippen MR) is 52.1 cm³/mol. The minimum absolute atomic E-state index is 0.0926. The molecule has 0 saturated carbocycles. The van der Waals surface area contributed by atoms with Gasteiger partial charge in [-0.05, 0) is 13.8 Å². The van der Waals surface area contributed by atoms with Gasteiger partial charge in [0.2, 0.25) is 5.91 Å².